The minimum atomic E-state index is -0.377. The van der Waals surface area contributed by atoms with E-state index in [0.717, 1.165) is 12.8 Å². The van der Waals surface area contributed by atoms with Gasteiger partial charge in [-0.2, -0.15) is 0 Å². The third-order valence-corrected chi connectivity index (χ3v) is 4.81. The number of esters is 1. The smallest absolute Gasteiger partial charge is 0.338 e. The Hall–Kier alpha value is -3.35. The summed E-state index contributed by atoms with van der Waals surface area (Å²) in [6.45, 7) is 4.07. The van der Waals surface area contributed by atoms with Crippen molar-refractivity contribution in [3.63, 3.8) is 0 Å². The van der Waals surface area contributed by atoms with Crippen LogP contribution in [-0.2, 0) is 14.3 Å². The lowest BCUT2D eigenvalue weighted by Gasteiger charge is -2.27. The molecule has 3 rings (SSSR count). The second-order valence-electron chi connectivity index (χ2n) is 7.18. The summed E-state index contributed by atoms with van der Waals surface area (Å²) >= 11 is 0. The molecule has 7 heteroatoms. The molecule has 0 radical (unpaired) electrons. The number of anilines is 2. The van der Waals surface area contributed by atoms with Crippen molar-refractivity contribution in [2.24, 2.45) is 0 Å². The molecule has 0 fully saturated rings. The molecule has 158 valence electrons. The number of hydrogen-bond acceptors (Lipinski definition) is 5. The fourth-order valence-corrected chi connectivity index (χ4v) is 3.26. The topological polar surface area (TPSA) is 84.9 Å². The highest BCUT2D eigenvalue weighted by atomic mass is 16.5. The highest BCUT2D eigenvalue weighted by molar-refractivity contribution is 6.04. The lowest BCUT2D eigenvalue weighted by molar-refractivity contribution is -0.121. The molecule has 2 amide bonds. The van der Waals surface area contributed by atoms with Crippen LogP contribution in [0.2, 0.25) is 0 Å². The highest BCUT2D eigenvalue weighted by Gasteiger charge is 2.29. The van der Waals surface area contributed by atoms with Crippen LogP contribution in [0.1, 0.15) is 43.5 Å². The Labute approximate surface area is 176 Å². The van der Waals surface area contributed by atoms with E-state index in [0.29, 0.717) is 29.3 Å². The van der Waals surface area contributed by atoms with Crippen LogP contribution in [-0.4, -0.2) is 37.0 Å². The zero-order valence-electron chi connectivity index (χ0n) is 17.2. The van der Waals surface area contributed by atoms with Gasteiger partial charge in [0.2, 0.25) is 5.91 Å². The molecule has 2 aromatic rings. The Morgan fingerprint density at radius 3 is 2.60 bits per heavy atom. The molecule has 0 saturated carbocycles. The molecule has 0 saturated heterocycles. The van der Waals surface area contributed by atoms with Gasteiger partial charge in [0.1, 0.15) is 5.75 Å². The molecule has 1 aliphatic heterocycles. The molecule has 0 bridgehead atoms. The molecule has 30 heavy (non-hydrogen) atoms. The average molecular weight is 410 g/mol. The van der Waals surface area contributed by atoms with Crippen molar-refractivity contribution in [1.82, 2.24) is 0 Å². The molecule has 1 aliphatic rings. The maximum absolute atomic E-state index is 12.9. The van der Waals surface area contributed by atoms with Crippen molar-refractivity contribution in [2.45, 2.75) is 39.2 Å². The standard InChI is InChI=1S/C23H26N2O5/c1-3-4-13-29-23(28)17-9-11-18(12-10-17)30-15-22(27)25-16(2)14-21(26)24-19-7-5-6-8-20(19)25/h5-12,16H,3-4,13-15H2,1-2H3,(H,24,26)/t16-/m1/s1. The molecule has 0 spiro atoms. The van der Waals surface area contributed by atoms with Crippen LogP contribution in [0.15, 0.2) is 48.5 Å². The van der Waals surface area contributed by atoms with Gasteiger partial charge in [-0.05, 0) is 49.7 Å². The van der Waals surface area contributed by atoms with Gasteiger partial charge in [-0.25, -0.2) is 4.79 Å². The van der Waals surface area contributed by atoms with Gasteiger partial charge in [-0.3, -0.25) is 9.59 Å². The fraction of sp³-hybridized carbons (Fsp3) is 0.348. The lowest BCUT2D eigenvalue weighted by Crippen LogP contribution is -2.41. The van der Waals surface area contributed by atoms with E-state index in [-0.39, 0.29) is 36.9 Å². The monoisotopic (exact) mass is 410 g/mol. The summed E-state index contributed by atoms with van der Waals surface area (Å²) in [6, 6.07) is 13.4. The summed E-state index contributed by atoms with van der Waals surface area (Å²) in [4.78, 5) is 38.5. The summed E-state index contributed by atoms with van der Waals surface area (Å²) in [6.07, 6.45) is 1.99. The maximum Gasteiger partial charge on any atom is 0.338 e. The number of ether oxygens (including phenoxy) is 2. The van der Waals surface area contributed by atoms with Gasteiger partial charge in [0, 0.05) is 12.5 Å². The summed E-state index contributed by atoms with van der Waals surface area (Å²) in [5.74, 6) is -0.293. The Kier molecular flexibility index (Phi) is 7.06. The van der Waals surface area contributed by atoms with Gasteiger partial charge in [-0.15, -0.1) is 0 Å². The molecule has 2 aromatic carbocycles. The van der Waals surface area contributed by atoms with E-state index in [9.17, 15) is 14.4 Å². The molecular weight excluding hydrogens is 384 g/mol. The van der Waals surface area contributed by atoms with E-state index < -0.39 is 0 Å². The Morgan fingerprint density at radius 2 is 1.87 bits per heavy atom. The van der Waals surface area contributed by atoms with E-state index >= 15 is 0 Å². The summed E-state index contributed by atoms with van der Waals surface area (Å²) in [7, 11) is 0. The first-order chi connectivity index (χ1) is 14.5. The first-order valence-corrected chi connectivity index (χ1v) is 10.1. The summed E-state index contributed by atoms with van der Waals surface area (Å²) < 4.78 is 10.8. The number of benzene rings is 2. The zero-order valence-corrected chi connectivity index (χ0v) is 17.2. The van der Waals surface area contributed by atoms with Crippen LogP contribution in [0, 0.1) is 0 Å². The first kappa shape index (κ1) is 21.4. The largest absolute Gasteiger partial charge is 0.484 e. The van der Waals surface area contributed by atoms with Gasteiger partial charge in [0.15, 0.2) is 6.61 Å². The first-order valence-electron chi connectivity index (χ1n) is 10.1. The number of hydrogen-bond donors (Lipinski definition) is 1. The van der Waals surface area contributed by atoms with E-state index in [1.54, 1.807) is 41.3 Å². The molecular formula is C23H26N2O5. The van der Waals surface area contributed by atoms with E-state index in [1.165, 1.54) is 0 Å². The van der Waals surface area contributed by atoms with Gasteiger partial charge in [0.05, 0.1) is 23.5 Å². The van der Waals surface area contributed by atoms with Crippen molar-refractivity contribution < 1.29 is 23.9 Å². The molecule has 0 aromatic heterocycles. The van der Waals surface area contributed by atoms with Crippen LogP contribution < -0.4 is 15.0 Å². The normalized spacial score (nSPS) is 15.6. The molecule has 7 nitrogen and oxygen atoms in total. The number of nitrogens with one attached hydrogen (secondary N) is 1. The van der Waals surface area contributed by atoms with E-state index in [4.69, 9.17) is 9.47 Å². The number of unbranched alkanes of at least 4 members (excludes halogenated alkanes) is 1. The van der Waals surface area contributed by atoms with Crippen molar-refractivity contribution in [1.29, 1.82) is 0 Å². The van der Waals surface area contributed by atoms with Crippen molar-refractivity contribution in [2.75, 3.05) is 23.4 Å². The molecule has 0 unspecified atom stereocenters. The van der Waals surface area contributed by atoms with Gasteiger partial charge >= 0.3 is 5.97 Å². The second-order valence-corrected chi connectivity index (χ2v) is 7.18. The lowest BCUT2D eigenvalue weighted by atomic mass is 10.1. The SMILES string of the molecule is CCCCOC(=O)c1ccc(OCC(=O)N2c3ccccc3NC(=O)C[C@H]2C)cc1. The third-order valence-electron chi connectivity index (χ3n) is 4.81. The predicted molar refractivity (Wildman–Crippen MR) is 114 cm³/mol. The number of carbonyl (C=O) groups excluding carboxylic acids is 3. The van der Waals surface area contributed by atoms with Crippen LogP contribution in [0.4, 0.5) is 11.4 Å². The number of carbonyl (C=O) groups is 3. The number of fused-ring (bicyclic) bond motifs is 1. The van der Waals surface area contributed by atoms with Crippen LogP contribution in [0.3, 0.4) is 0 Å². The van der Waals surface area contributed by atoms with Crippen LogP contribution in [0.5, 0.6) is 5.75 Å². The van der Waals surface area contributed by atoms with Gasteiger partial charge in [0.25, 0.3) is 5.91 Å². The highest BCUT2D eigenvalue weighted by Crippen LogP contribution is 2.31. The molecule has 1 atom stereocenters. The Bertz CT molecular complexity index is 910. The number of nitrogens with zero attached hydrogens (tertiary/aromatic N) is 1. The van der Waals surface area contributed by atoms with Crippen molar-refractivity contribution in [3.8, 4) is 5.75 Å². The number of rotatable bonds is 7. The zero-order chi connectivity index (χ0) is 21.5. The Balaban J connectivity index is 1.64. The summed E-state index contributed by atoms with van der Waals surface area (Å²) in [5, 5.41) is 2.83. The fourth-order valence-electron chi connectivity index (χ4n) is 3.26. The maximum atomic E-state index is 12.9. The molecule has 1 N–H and O–H groups in total. The van der Waals surface area contributed by atoms with E-state index in [2.05, 4.69) is 5.32 Å². The Morgan fingerprint density at radius 1 is 1.13 bits per heavy atom. The van der Waals surface area contributed by atoms with Gasteiger partial charge < -0.3 is 19.7 Å². The predicted octanol–water partition coefficient (Wildman–Crippen LogP) is 3.79. The van der Waals surface area contributed by atoms with E-state index in [1.807, 2.05) is 26.0 Å². The minimum Gasteiger partial charge on any atom is -0.484 e. The molecule has 1 heterocycles. The number of amides is 2. The van der Waals surface area contributed by atoms with Crippen molar-refractivity contribution in [3.05, 3.63) is 54.1 Å². The van der Waals surface area contributed by atoms with Gasteiger partial charge in [-0.1, -0.05) is 25.5 Å². The van der Waals surface area contributed by atoms with Crippen LogP contribution >= 0.6 is 0 Å². The molecule has 0 aliphatic carbocycles. The minimum absolute atomic E-state index is 0.132. The van der Waals surface area contributed by atoms with Crippen molar-refractivity contribution >= 4 is 29.2 Å². The quantitative estimate of drug-likeness (QED) is 0.555. The van der Waals surface area contributed by atoms with Crippen LogP contribution in [0.25, 0.3) is 0 Å². The number of para-hydroxylation sites is 2. The summed E-state index contributed by atoms with van der Waals surface area (Å²) in [5.41, 5.74) is 1.69. The average Bonchev–Trinajstić information content (AvgIpc) is 2.86. The third kappa shape index (κ3) is 5.17. The second kappa shape index (κ2) is 9.91.